The van der Waals surface area contributed by atoms with Gasteiger partial charge in [-0.2, -0.15) is 4.68 Å². The third-order valence-corrected chi connectivity index (χ3v) is 2.99. The first-order valence-electron chi connectivity index (χ1n) is 6.24. The molecule has 0 aliphatic carbocycles. The van der Waals surface area contributed by atoms with Crippen LogP contribution >= 0.6 is 0 Å². The molecule has 112 valence electrons. The maximum Gasteiger partial charge on any atom is 0.381 e. The summed E-state index contributed by atoms with van der Waals surface area (Å²) in [6, 6.07) is 4.59. The van der Waals surface area contributed by atoms with Gasteiger partial charge in [-0.25, -0.2) is 4.39 Å². The number of hydrogen-bond donors (Lipinski definition) is 0. The molecular weight excluding hydrogens is 293 g/mol. The highest BCUT2D eigenvalue weighted by molar-refractivity contribution is 5.36. The van der Waals surface area contributed by atoms with Gasteiger partial charge in [0.2, 0.25) is 6.33 Å². The topological polar surface area (TPSA) is 105 Å². The van der Waals surface area contributed by atoms with Gasteiger partial charge >= 0.3 is 5.82 Å². The van der Waals surface area contributed by atoms with Crippen molar-refractivity contribution in [2.75, 3.05) is 0 Å². The molecule has 0 aliphatic rings. The molecular formula is C12H10FN7O2. The highest BCUT2D eigenvalue weighted by Crippen LogP contribution is 2.16. The monoisotopic (exact) mass is 303 g/mol. The molecule has 3 rings (SSSR count). The summed E-state index contributed by atoms with van der Waals surface area (Å²) in [5, 5.41) is 21.8. The molecule has 0 amide bonds. The molecule has 3 aromatic rings. The van der Waals surface area contributed by atoms with E-state index in [2.05, 4.69) is 20.5 Å². The Morgan fingerprint density at radius 2 is 2.23 bits per heavy atom. The summed E-state index contributed by atoms with van der Waals surface area (Å²) in [7, 11) is 0. The van der Waals surface area contributed by atoms with Crippen LogP contribution in [0.15, 0.2) is 30.7 Å². The van der Waals surface area contributed by atoms with Gasteiger partial charge < -0.3 is 14.7 Å². The Morgan fingerprint density at radius 1 is 1.41 bits per heavy atom. The lowest BCUT2D eigenvalue weighted by Crippen LogP contribution is -2.09. The third-order valence-electron chi connectivity index (χ3n) is 2.99. The van der Waals surface area contributed by atoms with Crippen molar-refractivity contribution in [2.45, 2.75) is 13.5 Å². The van der Waals surface area contributed by atoms with Crippen molar-refractivity contribution in [1.29, 1.82) is 0 Å². The molecule has 9 nitrogen and oxygen atoms in total. The van der Waals surface area contributed by atoms with E-state index < -0.39 is 10.7 Å². The molecule has 22 heavy (non-hydrogen) atoms. The first-order chi connectivity index (χ1) is 10.5. The number of tetrazole rings is 1. The SMILES string of the molecule is Cc1ccc(F)c(-n2nnnc2Cn2cnc([N+](=O)[O-])c2)c1. The molecule has 0 aliphatic heterocycles. The minimum absolute atomic E-state index is 0.126. The Balaban J connectivity index is 1.95. The predicted octanol–water partition coefficient (Wildman–Crippen LogP) is 1.26. The largest absolute Gasteiger partial charge is 0.381 e. The van der Waals surface area contributed by atoms with Crippen LogP contribution in [-0.4, -0.2) is 34.7 Å². The highest BCUT2D eigenvalue weighted by atomic mass is 19.1. The summed E-state index contributed by atoms with van der Waals surface area (Å²) in [6.07, 6.45) is 2.55. The van der Waals surface area contributed by atoms with Crippen LogP contribution < -0.4 is 0 Å². The molecule has 0 spiro atoms. The number of nitro groups is 1. The molecule has 1 aromatic carbocycles. The summed E-state index contributed by atoms with van der Waals surface area (Å²) < 4.78 is 16.6. The minimum Gasteiger partial charge on any atom is -0.358 e. The second-order valence-corrected chi connectivity index (χ2v) is 4.62. The van der Waals surface area contributed by atoms with Crippen molar-refractivity contribution in [3.05, 3.63) is 58.0 Å². The Hall–Kier alpha value is -3.17. The number of rotatable bonds is 4. The summed E-state index contributed by atoms with van der Waals surface area (Å²) in [5.74, 6) is -0.409. The van der Waals surface area contributed by atoms with Gasteiger partial charge in [0.1, 0.15) is 17.7 Å². The summed E-state index contributed by atoms with van der Waals surface area (Å²) in [4.78, 5) is 13.7. The first kappa shape index (κ1) is 13.8. The second-order valence-electron chi connectivity index (χ2n) is 4.62. The van der Waals surface area contributed by atoms with Gasteiger partial charge in [-0.3, -0.25) is 0 Å². The van der Waals surface area contributed by atoms with Crippen LogP contribution in [0.1, 0.15) is 11.4 Å². The van der Waals surface area contributed by atoms with Crippen molar-refractivity contribution < 1.29 is 9.31 Å². The number of halogens is 1. The van der Waals surface area contributed by atoms with Crippen molar-refractivity contribution in [3.8, 4) is 5.69 Å². The van der Waals surface area contributed by atoms with Gasteiger partial charge in [-0.05, 0) is 45.0 Å². The average molecular weight is 303 g/mol. The summed E-state index contributed by atoms with van der Waals surface area (Å²) >= 11 is 0. The van der Waals surface area contributed by atoms with Crippen molar-refractivity contribution >= 4 is 5.82 Å². The van der Waals surface area contributed by atoms with Gasteiger partial charge in [0.15, 0.2) is 5.82 Å². The van der Waals surface area contributed by atoms with E-state index in [9.17, 15) is 14.5 Å². The molecule has 0 fully saturated rings. The smallest absolute Gasteiger partial charge is 0.358 e. The summed E-state index contributed by atoms with van der Waals surface area (Å²) in [6.45, 7) is 1.95. The molecule has 0 atom stereocenters. The lowest BCUT2D eigenvalue weighted by atomic mass is 10.2. The van der Waals surface area contributed by atoms with E-state index >= 15 is 0 Å². The fourth-order valence-corrected chi connectivity index (χ4v) is 1.97. The van der Waals surface area contributed by atoms with Crippen LogP contribution in [0.4, 0.5) is 10.2 Å². The molecule has 0 saturated carbocycles. The second kappa shape index (κ2) is 5.31. The number of aryl methyl sites for hydroxylation is 1. The van der Waals surface area contributed by atoms with Crippen LogP contribution in [0.5, 0.6) is 0 Å². The molecule has 2 aromatic heterocycles. The highest BCUT2D eigenvalue weighted by Gasteiger charge is 2.15. The van der Waals surface area contributed by atoms with Gasteiger partial charge in [0.05, 0.1) is 6.54 Å². The van der Waals surface area contributed by atoms with Crippen molar-refractivity contribution in [3.63, 3.8) is 0 Å². The molecule has 0 bridgehead atoms. The van der Waals surface area contributed by atoms with E-state index in [0.717, 1.165) is 5.56 Å². The molecule has 2 heterocycles. The normalized spacial score (nSPS) is 10.8. The quantitative estimate of drug-likeness (QED) is 0.531. The van der Waals surface area contributed by atoms with Crippen LogP contribution in [-0.2, 0) is 6.54 Å². The number of aromatic nitrogens is 6. The zero-order valence-corrected chi connectivity index (χ0v) is 11.4. The van der Waals surface area contributed by atoms with E-state index in [1.165, 1.54) is 27.8 Å². The van der Waals surface area contributed by atoms with Gasteiger partial charge in [0, 0.05) is 0 Å². The van der Waals surface area contributed by atoms with Crippen molar-refractivity contribution in [1.82, 2.24) is 29.8 Å². The number of nitrogens with zero attached hydrogens (tertiary/aromatic N) is 7. The number of imidazole rings is 1. The lowest BCUT2D eigenvalue weighted by Gasteiger charge is -2.06. The van der Waals surface area contributed by atoms with E-state index in [4.69, 9.17) is 0 Å². The summed E-state index contributed by atoms with van der Waals surface area (Å²) in [5.41, 5.74) is 1.07. The molecule has 0 unspecified atom stereocenters. The maximum atomic E-state index is 13.9. The molecule has 0 N–H and O–H groups in total. The fraction of sp³-hybridized carbons (Fsp3) is 0.167. The van der Waals surface area contributed by atoms with E-state index in [-0.39, 0.29) is 18.1 Å². The minimum atomic E-state index is -0.598. The van der Waals surface area contributed by atoms with Crippen LogP contribution in [0, 0.1) is 22.9 Å². The van der Waals surface area contributed by atoms with E-state index in [1.807, 2.05) is 6.92 Å². The maximum absolute atomic E-state index is 13.9. The number of hydrogen-bond acceptors (Lipinski definition) is 6. The molecule has 0 saturated heterocycles. The van der Waals surface area contributed by atoms with Crippen LogP contribution in [0.2, 0.25) is 0 Å². The van der Waals surface area contributed by atoms with E-state index in [0.29, 0.717) is 5.82 Å². The Labute approximate surface area is 123 Å². The number of benzene rings is 1. The Kier molecular flexibility index (Phi) is 3.33. The first-order valence-corrected chi connectivity index (χ1v) is 6.24. The lowest BCUT2D eigenvalue weighted by molar-refractivity contribution is -0.389. The Morgan fingerprint density at radius 3 is 2.95 bits per heavy atom. The Bertz CT molecular complexity index is 842. The van der Waals surface area contributed by atoms with Crippen LogP contribution in [0.3, 0.4) is 0 Å². The van der Waals surface area contributed by atoms with Gasteiger partial charge in [0.25, 0.3) is 0 Å². The third kappa shape index (κ3) is 2.53. The standard InChI is InChI=1S/C12H10FN7O2/c1-8-2-3-9(13)10(4-8)19-12(15-16-17-19)6-18-5-11(14-7-18)20(21)22/h2-5,7H,6H2,1H3. The zero-order valence-electron chi connectivity index (χ0n) is 11.4. The molecule has 0 radical (unpaired) electrons. The molecule has 10 heteroatoms. The van der Waals surface area contributed by atoms with Crippen LogP contribution in [0.25, 0.3) is 5.69 Å². The van der Waals surface area contributed by atoms with Gasteiger partial charge in [-0.1, -0.05) is 6.07 Å². The predicted molar refractivity (Wildman–Crippen MR) is 71.8 cm³/mol. The van der Waals surface area contributed by atoms with Crippen molar-refractivity contribution in [2.24, 2.45) is 0 Å². The zero-order chi connectivity index (χ0) is 15.7. The average Bonchev–Trinajstić information content (AvgIpc) is 3.11. The van der Waals surface area contributed by atoms with E-state index in [1.54, 1.807) is 12.1 Å². The van der Waals surface area contributed by atoms with Gasteiger partial charge in [-0.15, -0.1) is 5.10 Å². The fourth-order valence-electron chi connectivity index (χ4n) is 1.97.